The lowest BCUT2D eigenvalue weighted by atomic mass is 9.97. The minimum absolute atomic E-state index is 0.523. The third-order valence-electron chi connectivity index (χ3n) is 3.88. The molecule has 0 aromatic rings. The fraction of sp³-hybridized carbons (Fsp3) is 1.00. The molecule has 1 saturated heterocycles. The fourth-order valence-electron chi connectivity index (χ4n) is 2.82. The lowest BCUT2D eigenvalue weighted by Crippen LogP contribution is -2.41. The van der Waals surface area contributed by atoms with E-state index in [0.29, 0.717) is 18.1 Å². The van der Waals surface area contributed by atoms with E-state index in [2.05, 4.69) is 12.2 Å². The molecule has 0 amide bonds. The monoisotopic (exact) mass is 211 g/mol. The second-order valence-electron chi connectivity index (χ2n) is 5.26. The van der Waals surface area contributed by atoms with E-state index in [9.17, 15) is 0 Å². The summed E-state index contributed by atoms with van der Waals surface area (Å²) in [6.07, 6.45) is 10.5. The topological polar surface area (TPSA) is 21.3 Å². The first kappa shape index (κ1) is 11.4. The van der Waals surface area contributed by atoms with Gasteiger partial charge < -0.3 is 10.1 Å². The predicted molar refractivity (Wildman–Crippen MR) is 63.0 cm³/mol. The molecule has 2 unspecified atom stereocenters. The molecule has 0 aromatic carbocycles. The third kappa shape index (κ3) is 3.46. The molecule has 0 radical (unpaired) electrons. The Hall–Kier alpha value is -0.0800. The van der Waals surface area contributed by atoms with E-state index in [0.717, 1.165) is 13.1 Å². The van der Waals surface area contributed by atoms with Crippen LogP contribution in [0.4, 0.5) is 0 Å². The summed E-state index contributed by atoms with van der Waals surface area (Å²) in [5.74, 6) is 0.696. The molecule has 0 bridgehead atoms. The average Bonchev–Trinajstić information content (AvgIpc) is 2.50. The molecule has 0 aromatic heterocycles. The molecule has 1 saturated carbocycles. The van der Waals surface area contributed by atoms with Crippen molar-refractivity contribution < 1.29 is 4.74 Å². The molecule has 1 aliphatic heterocycles. The highest BCUT2D eigenvalue weighted by molar-refractivity contribution is 4.77. The van der Waals surface area contributed by atoms with Crippen LogP contribution in [-0.2, 0) is 4.74 Å². The van der Waals surface area contributed by atoms with Crippen molar-refractivity contribution in [2.24, 2.45) is 5.92 Å². The van der Waals surface area contributed by atoms with Crippen LogP contribution in [0.2, 0.25) is 0 Å². The van der Waals surface area contributed by atoms with Gasteiger partial charge in [0, 0.05) is 6.54 Å². The third-order valence-corrected chi connectivity index (χ3v) is 3.88. The minimum Gasteiger partial charge on any atom is -0.375 e. The van der Waals surface area contributed by atoms with Gasteiger partial charge in [0.05, 0.1) is 12.2 Å². The number of rotatable bonds is 2. The number of piperidine rings is 1. The van der Waals surface area contributed by atoms with E-state index in [4.69, 9.17) is 4.74 Å². The van der Waals surface area contributed by atoms with E-state index in [1.807, 2.05) is 0 Å². The van der Waals surface area contributed by atoms with Crippen LogP contribution in [0.15, 0.2) is 0 Å². The number of hydrogen-bond donors (Lipinski definition) is 1. The quantitative estimate of drug-likeness (QED) is 0.709. The Morgan fingerprint density at radius 3 is 2.40 bits per heavy atom. The second-order valence-corrected chi connectivity index (χ2v) is 5.26. The molecular formula is C13H25NO. The van der Waals surface area contributed by atoms with Gasteiger partial charge in [-0.3, -0.25) is 0 Å². The van der Waals surface area contributed by atoms with Crippen LogP contribution in [0.5, 0.6) is 0 Å². The highest BCUT2D eigenvalue weighted by Gasteiger charge is 2.25. The van der Waals surface area contributed by atoms with Crippen molar-refractivity contribution in [3.05, 3.63) is 0 Å². The lowest BCUT2D eigenvalue weighted by molar-refractivity contribution is -0.0562. The van der Waals surface area contributed by atoms with Crippen molar-refractivity contribution in [2.45, 2.75) is 64.1 Å². The number of ether oxygens (including phenoxy) is 1. The van der Waals surface area contributed by atoms with Gasteiger partial charge >= 0.3 is 0 Å². The Labute approximate surface area is 93.8 Å². The van der Waals surface area contributed by atoms with E-state index in [-0.39, 0.29) is 0 Å². The maximum Gasteiger partial charge on any atom is 0.0628 e. The van der Waals surface area contributed by atoms with Gasteiger partial charge in [-0.05, 0) is 31.7 Å². The lowest BCUT2D eigenvalue weighted by Gasteiger charge is -2.32. The Morgan fingerprint density at radius 1 is 1.00 bits per heavy atom. The van der Waals surface area contributed by atoms with Crippen LogP contribution in [0.3, 0.4) is 0 Å². The molecule has 0 spiro atoms. The zero-order valence-corrected chi connectivity index (χ0v) is 10.0. The first-order valence-corrected chi connectivity index (χ1v) is 6.72. The molecule has 1 aliphatic carbocycles. The van der Waals surface area contributed by atoms with Crippen molar-refractivity contribution in [3.8, 4) is 0 Å². The van der Waals surface area contributed by atoms with Crippen LogP contribution >= 0.6 is 0 Å². The molecule has 2 heteroatoms. The summed E-state index contributed by atoms with van der Waals surface area (Å²) >= 11 is 0. The van der Waals surface area contributed by atoms with Gasteiger partial charge in [-0.15, -0.1) is 0 Å². The summed E-state index contributed by atoms with van der Waals surface area (Å²) in [4.78, 5) is 0. The molecule has 1 N–H and O–H groups in total. The van der Waals surface area contributed by atoms with Gasteiger partial charge in [0.2, 0.25) is 0 Å². The van der Waals surface area contributed by atoms with E-state index in [1.165, 1.54) is 44.9 Å². The molecule has 88 valence electrons. The van der Waals surface area contributed by atoms with Crippen molar-refractivity contribution >= 4 is 0 Å². The summed E-state index contributed by atoms with van der Waals surface area (Å²) in [5.41, 5.74) is 0. The zero-order valence-electron chi connectivity index (χ0n) is 10.0. The first-order chi connectivity index (χ1) is 7.36. The number of hydrogen-bond acceptors (Lipinski definition) is 2. The molecule has 2 nitrogen and oxygen atoms in total. The predicted octanol–water partition coefficient (Wildman–Crippen LogP) is 2.72. The summed E-state index contributed by atoms with van der Waals surface area (Å²) < 4.78 is 6.28. The Morgan fingerprint density at radius 2 is 1.73 bits per heavy atom. The van der Waals surface area contributed by atoms with Crippen LogP contribution < -0.4 is 5.32 Å². The molecule has 1 heterocycles. The smallest absolute Gasteiger partial charge is 0.0628 e. The fourth-order valence-corrected chi connectivity index (χ4v) is 2.82. The highest BCUT2D eigenvalue weighted by Crippen LogP contribution is 2.24. The second kappa shape index (κ2) is 5.86. The molecular weight excluding hydrogens is 186 g/mol. The summed E-state index contributed by atoms with van der Waals surface area (Å²) in [7, 11) is 0. The highest BCUT2D eigenvalue weighted by atomic mass is 16.5. The van der Waals surface area contributed by atoms with Crippen molar-refractivity contribution in [2.75, 3.05) is 13.1 Å². The molecule has 15 heavy (non-hydrogen) atoms. The van der Waals surface area contributed by atoms with Gasteiger partial charge in [0.25, 0.3) is 0 Å². The van der Waals surface area contributed by atoms with Gasteiger partial charge in [0.1, 0.15) is 0 Å². The van der Waals surface area contributed by atoms with Crippen LogP contribution in [0.25, 0.3) is 0 Å². The molecule has 2 atom stereocenters. The van der Waals surface area contributed by atoms with Crippen LogP contribution in [0.1, 0.15) is 51.9 Å². The largest absolute Gasteiger partial charge is 0.375 e. The standard InChI is InChI=1S/C13H25NO/c1-11-10-14-9-8-13(11)15-12-6-4-2-3-5-7-12/h11-14H,2-10H2,1H3. The first-order valence-electron chi connectivity index (χ1n) is 6.72. The van der Waals surface area contributed by atoms with Gasteiger partial charge in [0.15, 0.2) is 0 Å². The van der Waals surface area contributed by atoms with Crippen LogP contribution in [0, 0.1) is 5.92 Å². The van der Waals surface area contributed by atoms with Gasteiger partial charge in [-0.1, -0.05) is 32.6 Å². The van der Waals surface area contributed by atoms with Gasteiger partial charge in [-0.2, -0.15) is 0 Å². The SMILES string of the molecule is CC1CNCCC1OC1CCCCCC1. The molecule has 2 aliphatic rings. The summed E-state index contributed by atoms with van der Waals surface area (Å²) in [5, 5.41) is 3.43. The van der Waals surface area contributed by atoms with E-state index < -0.39 is 0 Å². The van der Waals surface area contributed by atoms with Crippen LogP contribution in [-0.4, -0.2) is 25.3 Å². The Balaban J connectivity index is 1.78. The van der Waals surface area contributed by atoms with E-state index in [1.54, 1.807) is 0 Å². The maximum absolute atomic E-state index is 6.28. The number of nitrogens with one attached hydrogen (secondary N) is 1. The van der Waals surface area contributed by atoms with Crippen molar-refractivity contribution in [1.82, 2.24) is 5.32 Å². The van der Waals surface area contributed by atoms with Crippen molar-refractivity contribution in [1.29, 1.82) is 0 Å². The summed E-state index contributed by atoms with van der Waals surface area (Å²) in [6.45, 7) is 4.59. The normalized spacial score (nSPS) is 35.0. The molecule has 2 rings (SSSR count). The molecule has 2 fully saturated rings. The minimum atomic E-state index is 0.523. The summed E-state index contributed by atoms with van der Waals surface area (Å²) in [6, 6.07) is 0. The Bertz CT molecular complexity index is 175. The van der Waals surface area contributed by atoms with Gasteiger partial charge in [-0.25, -0.2) is 0 Å². The average molecular weight is 211 g/mol. The maximum atomic E-state index is 6.28. The Kier molecular flexibility index (Phi) is 4.45. The zero-order chi connectivity index (χ0) is 10.5. The van der Waals surface area contributed by atoms with E-state index >= 15 is 0 Å². The van der Waals surface area contributed by atoms with Crippen molar-refractivity contribution in [3.63, 3.8) is 0 Å².